The van der Waals surface area contributed by atoms with E-state index in [1.165, 1.54) is 11.1 Å². The van der Waals surface area contributed by atoms with Gasteiger partial charge in [-0.15, -0.1) is 12.4 Å². The van der Waals surface area contributed by atoms with Crippen molar-refractivity contribution in [2.24, 2.45) is 0 Å². The number of amides is 1. The lowest BCUT2D eigenvalue weighted by Crippen LogP contribution is -2.48. The number of rotatable bonds is 5. The van der Waals surface area contributed by atoms with Gasteiger partial charge in [-0.2, -0.15) is 0 Å². The zero-order chi connectivity index (χ0) is 17.6. The minimum absolute atomic E-state index is 0. The minimum atomic E-state index is 0. The molecule has 0 radical (unpaired) electrons. The van der Waals surface area contributed by atoms with Gasteiger partial charge in [0.1, 0.15) is 5.75 Å². The van der Waals surface area contributed by atoms with Crippen LogP contribution < -0.4 is 10.1 Å². The lowest BCUT2D eigenvalue weighted by atomic mass is 10.0. The van der Waals surface area contributed by atoms with Crippen molar-refractivity contribution in [1.82, 2.24) is 10.2 Å². The number of halogens is 1. The van der Waals surface area contributed by atoms with Crippen LogP contribution in [0.3, 0.4) is 0 Å². The van der Waals surface area contributed by atoms with E-state index in [1.54, 1.807) is 7.11 Å². The Morgan fingerprint density at radius 3 is 2.81 bits per heavy atom. The van der Waals surface area contributed by atoms with E-state index in [-0.39, 0.29) is 24.4 Å². The fourth-order valence-electron chi connectivity index (χ4n) is 3.48. The summed E-state index contributed by atoms with van der Waals surface area (Å²) in [7, 11) is 1.68. The largest absolute Gasteiger partial charge is 0.496 e. The summed E-state index contributed by atoms with van der Waals surface area (Å²) in [4.78, 5) is 14.9. The summed E-state index contributed by atoms with van der Waals surface area (Å²) in [6.07, 6.45) is 1.32. The molecule has 0 bridgehead atoms. The first kappa shape index (κ1) is 20.3. The Balaban J connectivity index is 0.00000243. The second-order valence-electron chi connectivity index (χ2n) is 6.54. The Hall–Kier alpha value is -2.04. The lowest BCUT2D eigenvalue weighted by molar-refractivity contribution is -0.134. The third-order valence-corrected chi connectivity index (χ3v) is 4.77. The highest BCUT2D eigenvalue weighted by Gasteiger charge is 2.29. The third-order valence-electron chi connectivity index (χ3n) is 4.77. The molecule has 140 valence electrons. The lowest BCUT2D eigenvalue weighted by Gasteiger charge is -2.37. The van der Waals surface area contributed by atoms with Crippen LogP contribution in [-0.2, 0) is 11.2 Å². The maximum Gasteiger partial charge on any atom is 0.223 e. The number of carbonyl (C=O) groups excluding carboxylic acids is 1. The second-order valence-corrected chi connectivity index (χ2v) is 6.54. The van der Waals surface area contributed by atoms with Gasteiger partial charge in [-0.3, -0.25) is 4.79 Å². The maximum absolute atomic E-state index is 12.9. The Bertz CT molecular complexity index is 735. The van der Waals surface area contributed by atoms with E-state index in [4.69, 9.17) is 4.74 Å². The van der Waals surface area contributed by atoms with Gasteiger partial charge >= 0.3 is 0 Å². The first-order valence-electron chi connectivity index (χ1n) is 8.87. The van der Waals surface area contributed by atoms with Crippen molar-refractivity contribution >= 4 is 18.3 Å². The molecule has 1 aliphatic rings. The summed E-state index contributed by atoms with van der Waals surface area (Å²) in [5, 5.41) is 3.40. The normalized spacial score (nSPS) is 16.7. The molecule has 4 nitrogen and oxygen atoms in total. The number of aryl methyl sites for hydroxylation is 2. The molecule has 3 rings (SSSR count). The molecule has 1 heterocycles. The van der Waals surface area contributed by atoms with Gasteiger partial charge < -0.3 is 15.0 Å². The van der Waals surface area contributed by atoms with E-state index >= 15 is 0 Å². The molecule has 1 fully saturated rings. The molecule has 2 aromatic rings. The van der Waals surface area contributed by atoms with Crippen molar-refractivity contribution in [1.29, 1.82) is 0 Å². The van der Waals surface area contributed by atoms with Crippen LogP contribution in [0.25, 0.3) is 0 Å². The fourth-order valence-corrected chi connectivity index (χ4v) is 3.48. The van der Waals surface area contributed by atoms with Gasteiger partial charge in [0.25, 0.3) is 0 Å². The Morgan fingerprint density at radius 2 is 2.04 bits per heavy atom. The smallest absolute Gasteiger partial charge is 0.223 e. The van der Waals surface area contributed by atoms with Gasteiger partial charge in [0.15, 0.2) is 0 Å². The first-order chi connectivity index (χ1) is 12.2. The van der Waals surface area contributed by atoms with E-state index in [1.807, 2.05) is 23.1 Å². The number of nitrogens with zero attached hydrogens (tertiary/aromatic N) is 1. The average Bonchev–Trinajstić information content (AvgIpc) is 2.66. The zero-order valence-electron chi connectivity index (χ0n) is 15.4. The van der Waals surface area contributed by atoms with Gasteiger partial charge in [0.05, 0.1) is 13.2 Å². The van der Waals surface area contributed by atoms with Crippen molar-refractivity contribution in [3.63, 3.8) is 0 Å². The highest BCUT2D eigenvalue weighted by molar-refractivity contribution is 5.85. The standard InChI is InChI=1S/C21H26N2O2.ClH/c1-16-6-5-7-17(14-16)10-11-21(24)23-13-12-22-15-19(23)18-8-3-4-9-20(18)25-2;/h3-9,14,19,22H,10-13,15H2,1-2H3;1H. The van der Waals surface area contributed by atoms with Crippen LogP contribution in [0.1, 0.15) is 29.2 Å². The highest BCUT2D eigenvalue weighted by atomic mass is 35.5. The Morgan fingerprint density at radius 1 is 1.23 bits per heavy atom. The van der Waals surface area contributed by atoms with Crippen LogP contribution in [0.15, 0.2) is 48.5 Å². The Labute approximate surface area is 162 Å². The van der Waals surface area contributed by atoms with Gasteiger partial charge in [0.2, 0.25) is 5.91 Å². The van der Waals surface area contributed by atoms with E-state index in [2.05, 4.69) is 42.6 Å². The number of carbonyl (C=O) groups is 1. The number of nitrogens with one attached hydrogen (secondary N) is 1. The summed E-state index contributed by atoms with van der Waals surface area (Å²) in [6, 6.07) is 16.4. The number of hydrogen-bond acceptors (Lipinski definition) is 3. The summed E-state index contributed by atoms with van der Waals surface area (Å²) >= 11 is 0. The van der Waals surface area contributed by atoms with Crippen molar-refractivity contribution in [3.8, 4) is 5.75 Å². The molecule has 0 saturated carbocycles. The van der Waals surface area contributed by atoms with Crippen LogP contribution in [-0.4, -0.2) is 37.6 Å². The molecule has 26 heavy (non-hydrogen) atoms. The van der Waals surface area contributed by atoms with Crippen molar-refractivity contribution in [2.75, 3.05) is 26.7 Å². The molecule has 1 aliphatic heterocycles. The predicted molar refractivity (Wildman–Crippen MR) is 107 cm³/mol. The van der Waals surface area contributed by atoms with E-state index in [0.717, 1.165) is 37.4 Å². The molecule has 0 aromatic heterocycles. The van der Waals surface area contributed by atoms with Gasteiger partial charge in [-0.1, -0.05) is 48.0 Å². The van der Waals surface area contributed by atoms with E-state index in [9.17, 15) is 4.79 Å². The summed E-state index contributed by atoms with van der Waals surface area (Å²) in [6.45, 7) is 4.41. The SMILES string of the molecule is COc1ccccc1C1CNCCN1C(=O)CCc1cccc(C)c1.Cl. The van der Waals surface area contributed by atoms with Crippen LogP contribution in [0, 0.1) is 6.92 Å². The molecule has 2 aromatic carbocycles. The summed E-state index contributed by atoms with van der Waals surface area (Å²) in [5.74, 6) is 1.05. The van der Waals surface area contributed by atoms with Crippen molar-refractivity contribution in [2.45, 2.75) is 25.8 Å². The highest BCUT2D eigenvalue weighted by Crippen LogP contribution is 2.30. The van der Waals surface area contributed by atoms with Crippen LogP contribution in [0.4, 0.5) is 0 Å². The van der Waals surface area contributed by atoms with Gasteiger partial charge in [0, 0.05) is 31.6 Å². The number of para-hydroxylation sites is 1. The molecule has 1 amide bonds. The molecule has 0 spiro atoms. The first-order valence-corrected chi connectivity index (χ1v) is 8.87. The van der Waals surface area contributed by atoms with E-state index in [0.29, 0.717) is 6.42 Å². The molecular formula is C21H27ClN2O2. The number of methoxy groups -OCH3 is 1. The molecule has 1 N–H and O–H groups in total. The summed E-state index contributed by atoms with van der Waals surface area (Å²) < 4.78 is 5.50. The quantitative estimate of drug-likeness (QED) is 0.870. The topological polar surface area (TPSA) is 41.6 Å². The zero-order valence-corrected chi connectivity index (χ0v) is 16.2. The Kier molecular flexibility index (Phi) is 7.49. The molecule has 1 atom stereocenters. The van der Waals surface area contributed by atoms with Crippen molar-refractivity contribution in [3.05, 3.63) is 65.2 Å². The van der Waals surface area contributed by atoms with Gasteiger partial charge in [-0.25, -0.2) is 0 Å². The number of piperazine rings is 1. The maximum atomic E-state index is 12.9. The molecule has 5 heteroatoms. The van der Waals surface area contributed by atoms with E-state index < -0.39 is 0 Å². The number of benzene rings is 2. The van der Waals surface area contributed by atoms with Crippen LogP contribution in [0.2, 0.25) is 0 Å². The third kappa shape index (κ3) is 4.77. The van der Waals surface area contributed by atoms with Crippen LogP contribution in [0.5, 0.6) is 5.75 Å². The predicted octanol–water partition coefficient (Wildman–Crippen LogP) is 3.53. The van der Waals surface area contributed by atoms with Gasteiger partial charge in [-0.05, 0) is 25.0 Å². The molecular weight excluding hydrogens is 348 g/mol. The monoisotopic (exact) mass is 374 g/mol. The van der Waals surface area contributed by atoms with Crippen molar-refractivity contribution < 1.29 is 9.53 Å². The molecule has 0 aliphatic carbocycles. The second kappa shape index (κ2) is 9.60. The number of ether oxygens (including phenoxy) is 1. The van der Waals surface area contributed by atoms with Crippen LogP contribution >= 0.6 is 12.4 Å². The minimum Gasteiger partial charge on any atom is -0.496 e. The fraction of sp³-hybridized carbons (Fsp3) is 0.381. The summed E-state index contributed by atoms with van der Waals surface area (Å²) in [5.41, 5.74) is 3.53. The number of hydrogen-bond donors (Lipinski definition) is 1. The molecule has 1 saturated heterocycles. The average molecular weight is 375 g/mol. The molecule has 1 unspecified atom stereocenters.